The standard InChI is InChI=1S/C32H30N2O3/c35-31(33-29-15-17-30(18-16-29)37-23-24-7-3-1-4-8-24)27-19-21-34(22-20-27)32(36)28-13-11-26(12-14-28)25-9-5-2-6-10-25/h1-18,27H,19-23H2,(H,33,35). The molecular formula is C32H30N2O3. The summed E-state index contributed by atoms with van der Waals surface area (Å²) in [7, 11) is 0. The van der Waals surface area contributed by atoms with E-state index in [1.54, 1.807) is 0 Å². The van der Waals surface area contributed by atoms with E-state index in [2.05, 4.69) is 17.4 Å². The average Bonchev–Trinajstić information content (AvgIpc) is 2.97. The summed E-state index contributed by atoms with van der Waals surface area (Å²) < 4.78 is 5.82. The lowest BCUT2D eigenvalue weighted by Crippen LogP contribution is -2.41. The van der Waals surface area contributed by atoms with Crippen LogP contribution < -0.4 is 10.1 Å². The van der Waals surface area contributed by atoms with Gasteiger partial charge < -0.3 is 15.0 Å². The van der Waals surface area contributed by atoms with Gasteiger partial charge in [-0.25, -0.2) is 0 Å². The summed E-state index contributed by atoms with van der Waals surface area (Å²) in [6.07, 6.45) is 1.30. The third-order valence-corrected chi connectivity index (χ3v) is 6.76. The second-order valence-corrected chi connectivity index (χ2v) is 9.30. The van der Waals surface area contributed by atoms with E-state index in [4.69, 9.17) is 4.74 Å². The van der Waals surface area contributed by atoms with Gasteiger partial charge in [0, 0.05) is 30.3 Å². The van der Waals surface area contributed by atoms with Crippen LogP contribution in [0.3, 0.4) is 0 Å². The molecular weight excluding hydrogens is 460 g/mol. The number of likely N-dealkylation sites (tertiary alicyclic amines) is 1. The third kappa shape index (κ3) is 6.25. The molecule has 0 saturated carbocycles. The van der Waals surface area contributed by atoms with Gasteiger partial charge in [-0.3, -0.25) is 9.59 Å². The van der Waals surface area contributed by atoms with Gasteiger partial charge in [-0.15, -0.1) is 0 Å². The van der Waals surface area contributed by atoms with E-state index < -0.39 is 0 Å². The molecule has 0 aromatic heterocycles. The molecule has 1 aliphatic heterocycles. The highest BCUT2D eigenvalue weighted by Gasteiger charge is 2.28. The first-order valence-corrected chi connectivity index (χ1v) is 12.7. The molecule has 186 valence electrons. The number of anilines is 1. The molecule has 0 aliphatic carbocycles. The van der Waals surface area contributed by atoms with E-state index in [0.717, 1.165) is 28.1 Å². The van der Waals surface area contributed by atoms with Crippen LogP contribution in [-0.2, 0) is 11.4 Å². The van der Waals surface area contributed by atoms with E-state index in [0.29, 0.717) is 38.1 Å². The van der Waals surface area contributed by atoms with Crippen molar-refractivity contribution in [1.82, 2.24) is 4.90 Å². The number of rotatable bonds is 7. The highest BCUT2D eigenvalue weighted by atomic mass is 16.5. The number of ether oxygens (including phenoxy) is 1. The Kier molecular flexibility index (Phi) is 7.60. The quantitative estimate of drug-likeness (QED) is 0.325. The van der Waals surface area contributed by atoms with Gasteiger partial charge in [-0.1, -0.05) is 72.8 Å². The average molecular weight is 491 g/mol. The number of carbonyl (C=O) groups is 2. The lowest BCUT2D eigenvalue weighted by atomic mass is 9.95. The topological polar surface area (TPSA) is 58.6 Å². The first-order valence-electron chi connectivity index (χ1n) is 12.7. The number of benzene rings is 4. The summed E-state index contributed by atoms with van der Waals surface area (Å²) in [6.45, 7) is 1.65. The van der Waals surface area contributed by atoms with Gasteiger partial charge in [-0.05, 0) is 65.9 Å². The van der Waals surface area contributed by atoms with E-state index in [9.17, 15) is 9.59 Å². The fourth-order valence-corrected chi connectivity index (χ4v) is 4.58. The summed E-state index contributed by atoms with van der Waals surface area (Å²) in [4.78, 5) is 27.7. The van der Waals surface area contributed by atoms with E-state index >= 15 is 0 Å². The Balaban J connectivity index is 1.09. The number of hydrogen-bond acceptors (Lipinski definition) is 3. The first-order chi connectivity index (χ1) is 18.2. The molecule has 1 N–H and O–H groups in total. The van der Waals surface area contributed by atoms with Gasteiger partial charge in [0.1, 0.15) is 12.4 Å². The van der Waals surface area contributed by atoms with Gasteiger partial charge in [-0.2, -0.15) is 0 Å². The summed E-state index contributed by atoms with van der Waals surface area (Å²) in [5.41, 5.74) is 4.74. The fraction of sp³-hybridized carbons (Fsp3) is 0.188. The minimum atomic E-state index is -0.112. The van der Waals surface area contributed by atoms with Crippen molar-refractivity contribution in [2.75, 3.05) is 18.4 Å². The second-order valence-electron chi connectivity index (χ2n) is 9.30. The Morgan fingerprint density at radius 2 is 1.32 bits per heavy atom. The van der Waals surface area contributed by atoms with E-state index in [1.807, 2.05) is 102 Å². The zero-order valence-electron chi connectivity index (χ0n) is 20.7. The van der Waals surface area contributed by atoms with Crippen LogP contribution in [0.2, 0.25) is 0 Å². The zero-order valence-corrected chi connectivity index (χ0v) is 20.7. The molecule has 1 saturated heterocycles. The summed E-state index contributed by atoms with van der Waals surface area (Å²) in [5, 5.41) is 3.01. The van der Waals surface area contributed by atoms with Crippen LogP contribution >= 0.6 is 0 Å². The van der Waals surface area contributed by atoms with Crippen molar-refractivity contribution in [2.45, 2.75) is 19.4 Å². The van der Waals surface area contributed by atoms with Gasteiger partial charge in [0.05, 0.1) is 0 Å². The number of hydrogen-bond donors (Lipinski definition) is 1. The maximum absolute atomic E-state index is 13.0. The van der Waals surface area contributed by atoms with Crippen molar-refractivity contribution in [3.8, 4) is 16.9 Å². The SMILES string of the molecule is O=C(Nc1ccc(OCc2ccccc2)cc1)C1CCN(C(=O)c2ccc(-c3ccccc3)cc2)CC1. The Bertz CT molecular complexity index is 1310. The van der Waals surface area contributed by atoms with E-state index in [1.165, 1.54) is 0 Å². The molecule has 0 radical (unpaired) electrons. The maximum atomic E-state index is 13.0. The summed E-state index contributed by atoms with van der Waals surface area (Å²) >= 11 is 0. The number of piperidine rings is 1. The van der Waals surface area contributed by atoms with Crippen molar-refractivity contribution in [3.63, 3.8) is 0 Å². The predicted octanol–water partition coefficient (Wildman–Crippen LogP) is 6.42. The fourth-order valence-electron chi connectivity index (χ4n) is 4.58. The molecule has 4 aromatic carbocycles. The van der Waals surface area contributed by atoms with Gasteiger partial charge in [0.15, 0.2) is 0 Å². The molecule has 5 nitrogen and oxygen atoms in total. The van der Waals surface area contributed by atoms with Crippen molar-refractivity contribution < 1.29 is 14.3 Å². The Labute approximate surface area is 217 Å². The summed E-state index contributed by atoms with van der Waals surface area (Å²) in [5.74, 6) is 0.658. The molecule has 37 heavy (non-hydrogen) atoms. The molecule has 1 aliphatic rings. The molecule has 5 heteroatoms. The monoisotopic (exact) mass is 490 g/mol. The van der Waals surface area contributed by atoms with Crippen LogP contribution in [0.1, 0.15) is 28.8 Å². The molecule has 0 unspecified atom stereocenters. The molecule has 1 fully saturated rings. The largest absolute Gasteiger partial charge is 0.489 e. The molecule has 5 rings (SSSR count). The summed E-state index contributed by atoms with van der Waals surface area (Å²) in [6, 6.07) is 35.3. The van der Waals surface area contributed by atoms with Crippen molar-refractivity contribution in [1.29, 1.82) is 0 Å². The van der Waals surface area contributed by atoms with Crippen molar-refractivity contribution in [2.24, 2.45) is 5.92 Å². The molecule has 0 atom stereocenters. The maximum Gasteiger partial charge on any atom is 0.253 e. The second kappa shape index (κ2) is 11.6. The van der Waals surface area contributed by atoms with Crippen LogP contribution in [0.25, 0.3) is 11.1 Å². The van der Waals surface area contributed by atoms with E-state index in [-0.39, 0.29) is 17.7 Å². The van der Waals surface area contributed by atoms with Gasteiger partial charge in [0.25, 0.3) is 5.91 Å². The minimum absolute atomic E-state index is 0.00253. The van der Waals surface area contributed by atoms with Crippen LogP contribution in [0.5, 0.6) is 5.75 Å². The van der Waals surface area contributed by atoms with Crippen LogP contribution in [0.15, 0.2) is 109 Å². The van der Waals surface area contributed by atoms with Crippen molar-refractivity contribution >= 4 is 17.5 Å². The van der Waals surface area contributed by atoms with Gasteiger partial charge >= 0.3 is 0 Å². The lowest BCUT2D eigenvalue weighted by molar-refractivity contribution is -0.121. The number of nitrogens with one attached hydrogen (secondary N) is 1. The Morgan fingerprint density at radius 3 is 1.97 bits per heavy atom. The third-order valence-electron chi connectivity index (χ3n) is 6.76. The molecule has 2 amide bonds. The molecule has 0 bridgehead atoms. The minimum Gasteiger partial charge on any atom is -0.489 e. The number of carbonyl (C=O) groups excluding carboxylic acids is 2. The number of amides is 2. The smallest absolute Gasteiger partial charge is 0.253 e. The normalized spacial score (nSPS) is 13.7. The molecule has 1 heterocycles. The Hall–Kier alpha value is -4.38. The highest BCUT2D eigenvalue weighted by Crippen LogP contribution is 2.24. The molecule has 4 aromatic rings. The van der Waals surface area contributed by atoms with Crippen molar-refractivity contribution in [3.05, 3.63) is 120 Å². The highest BCUT2D eigenvalue weighted by molar-refractivity contribution is 5.95. The van der Waals surface area contributed by atoms with Gasteiger partial charge in [0.2, 0.25) is 5.91 Å². The predicted molar refractivity (Wildman–Crippen MR) is 146 cm³/mol. The first kappa shape index (κ1) is 24.3. The van der Waals surface area contributed by atoms with Crippen LogP contribution in [-0.4, -0.2) is 29.8 Å². The van der Waals surface area contributed by atoms with Crippen LogP contribution in [0.4, 0.5) is 5.69 Å². The Morgan fingerprint density at radius 1 is 0.730 bits per heavy atom. The van der Waals surface area contributed by atoms with Crippen LogP contribution in [0, 0.1) is 5.92 Å². The lowest BCUT2D eigenvalue weighted by Gasteiger charge is -2.31. The molecule has 0 spiro atoms. The zero-order chi connectivity index (χ0) is 25.5. The number of nitrogens with zero attached hydrogens (tertiary/aromatic N) is 1.